The van der Waals surface area contributed by atoms with Gasteiger partial charge in [-0.2, -0.15) is 0 Å². The molecule has 1 aliphatic heterocycles. The van der Waals surface area contributed by atoms with Crippen LogP contribution < -0.4 is 11.1 Å². The lowest BCUT2D eigenvalue weighted by molar-refractivity contribution is -0.143. The predicted molar refractivity (Wildman–Crippen MR) is 67.9 cm³/mol. The second-order valence-corrected chi connectivity index (χ2v) is 4.84. The molecule has 0 aliphatic carbocycles. The molecule has 1 aliphatic rings. The number of amides is 2. The van der Waals surface area contributed by atoms with Crippen LogP contribution in [0.3, 0.4) is 0 Å². The van der Waals surface area contributed by atoms with E-state index in [1.807, 2.05) is 13.8 Å². The van der Waals surface area contributed by atoms with Crippen LogP contribution in [0.4, 0.5) is 0 Å². The molecular formula is C12H23N3O3. The van der Waals surface area contributed by atoms with E-state index < -0.39 is 5.91 Å². The third-order valence-electron chi connectivity index (χ3n) is 3.00. The smallest absolute Gasteiger partial charge is 0.249 e. The molecule has 0 bridgehead atoms. The molecular weight excluding hydrogens is 234 g/mol. The third kappa shape index (κ3) is 5.01. The van der Waals surface area contributed by atoms with Crippen molar-refractivity contribution in [1.82, 2.24) is 10.2 Å². The average molecular weight is 257 g/mol. The van der Waals surface area contributed by atoms with E-state index in [9.17, 15) is 9.59 Å². The fourth-order valence-corrected chi connectivity index (χ4v) is 1.96. The van der Waals surface area contributed by atoms with Gasteiger partial charge in [-0.25, -0.2) is 0 Å². The second-order valence-electron chi connectivity index (χ2n) is 4.84. The summed E-state index contributed by atoms with van der Waals surface area (Å²) in [6.07, 6.45) is 1.98. The van der Waals surface area contributed by atoms with Gasteiger partial charge in [0, 0.05) is 6.04 Å². The number of piperidine rings is 1. The Hall–Kier alpha value is -1.14. The van der Waals surface area contributed by atoms with Crippen molar-refractivity contribution in [3.63, 3.8) is 0 Å². The van der Waals surface area contributed by atoms with Gasteiger partial charge in [0.15, 0.2) is 0 Å². The van der Waals surface area contributed by atoms with Gasteiger partial charge in [0.1, 0.15) is 6.61 Å². The summed E-state index contributed by atoms with van der Waals surface area (Å²) in [5, 5.41) is 3.23. The van der Waals surface area contributed by atoms with E-state index in [0.717, 1.165) is 25.9 Å². The number of hydrogen-bond donors (Lipinski definition) is 2. The number of hydrogen-bond acceptors (Lipinski definition) is 4. The van der Waals surface area contributed by atoms with Gasteiger partial charge in [-0.15, -0.1) is 0 Å². The summed E-state index contributed by atoms with van der Waals surface area (Å²) < 4.78 is 5.57. The Morgan fingerprint density at radius 2 is 2.00 bits per heavy atom. The molecule has 0 atom stereocenters. The molecule has 0 aromatic heterocycles. The summed E-state index contributed by atoms with van der Waals surface area (Å²) in [6.45, 7) is 5.53. The van der Waals surface area contributed by atoms with Crippen LogP contribution in [0.1, 0.15) is 26.7 Å². The first-order valence-corrected chi connectivity index (χ1v) is 6.40. The molecule has 1 saturated heterocycles. The van der Waals surface area contributed by atoms with Crippen LogP contribution in [-0.4, -0.2) is 55.1 Å². The van der Waals surface area contributed by atoms with Gasteiger partial charge < -0.3 is 20.7 Å². The minimum Gasteiger partial charge on any atom is -0.368 e. The minimum absolute atomic E-state index is 0.0239. The minimum atomic E-state index is -0.501. The van der Waals surface area contributed by atoms with Gasteiger partial charge in [0.05, 0.1) is 12.6 Å². The SMILES string of the molecule is CC(C)N(CC(N)=O)C(=O)COC1CCNCC1. The standard InChI is InChI=1S/C12H23N3O3/c1-9(2)15(7-11(13)16)12(17)8-18-10-3-5-14-6-4-10/h9-10,14H,3-8H2,1-2H3,(H2,13,16). The first kappa shape index (κ1) is 14.9. The van der Waals surface area contributed by atoms with Crippen LogP contribution in [0.2, 0.25) is 0 Å². The molecule has 6 nitrogen and oxygen atoms in total. The molecule has 0 radical (unpaired) electrons. The van der Waals surface area contributed by atoms with Crippen LogP contribution in [0, 0.1) is 0 Å². The lowest BCUT2D eigenvalue weighted by atomic mass is 10.1. The highest BCUT2D eigenvalue weighted by atomic mass is 16.5. The molecule has 18 heavy (non-hydrogen) atoms. The number of nitrogens with two attached hydrogens (primary N) is 1. The predicted octanol–water partition coefficient (Wildman–Crippen LogP) is -0.523. The number of primary amides is 1. The first-order valence-electron chi connectivity index (χ1n) is 6.40. The number of ether oxygens (including phenoxy) is 1. The van der Waals surface area contributed by atoms with Crippen molar-refractivity contribution in [3.8, 4) is 0 Å². The number of rotatable bonds is 6. The van der Waals surface area contributed by atoms with Gasteiger partial charge in [0.2, 0.25) is 11.8 Å². The molecule has 0 spiro atoms. The van der Waals surface area contributed by atoms with Crippen LogP contribution in [-0.2, 0) is 14.3 Å². The Labute approximate surface area is 108 Å². The van der Waals surface area contributed by atoms with Gasteiger partial charge in [0.25, 0.3) is 0 Å². The van der Waals surface area contributed by atoms with Crippen LogP contribution in [0.5, 0.6) is 0 Å². The number of nitrogens with zero attached hydrogens (tertiary/aromatic N) is 1. The van der Waals surface area contributed by atoms with Crippen molar-refractivity contribution in [2.75, 3.05) is 26.2 Å². The van der Waals surface area contributed by atoms with Crippen molar-refractivity contribution >= 4 is 11.8 Å². The molecule has 1 heterocycles. The summed E-state index contributed by atoms with van der Waals surface area (Å²) in [5.41, 5.74) is 5.13. The molecule has 0 saturated carbocycles. The Morgan fingerprint density at radius 1 is 1.39 bits per heavy atom. The Kier molecular flexibility index (Phi) is 6.07. The Balaban J connectivity index is 2.38. The molecule has 0 aromatic carbocycles. The molecule has 2 amide bonds. The summed E-state index contributed by atoms with van der Waals surface area (Å²) >= 11 is 0. The topological polar surface area (TPSA) is 84.7 Å². The summed E-state index contributed by atoms with van der Waals surface area (Å²) in [7, 11) is 0. The van der Waals surface area contributed by atoms with E-state index in [1.165, 1.54) is 4.90 Å². The van der Waals surface area contributed by atoms with Crippen molar-refractivity contribution in [1.29, 1.82) is 0 Å². The van der Waals surface area contributed by atoms with E-state index in [1.54, 1.807) is 0 Å². The zero-order chi connectivity index (χ0) is 13.5. The molecule has 6 heteroatoms. The normalized spacial score (nSPS) is 16.8. The van der Waals surface area contributed by atoms with Crippen LogP contribution >= 0.6 is 0 Å². The van der Waals surface area contributed by atoms with E-state index in [2.05, 4.69) is 5.32 Å². The average Bonchev–Trinajstić information content (AvgIpc) is 2.34. The monoisotopic (exact) mass is 257 g/mol. The van der Waals surface area contributed by atoms with Crippen molar-refractivity contribution in [3.05, 3.63) is 0 Å². The molecule has 0 aromatic rings. The molecule has 1 rings (SSSR count). The quantitative estimate of drug-likeness (QED) is 0.670. The fourth-order valence-electron chi connectivity index (χ4n) is 1.96. The fraction of sp³-hybridized carbons (Fsp3) is 0.833. The highest BCUT2D eigenvalue weighted by Gasteiger charge is 2.21. The van der Waals surface area contributed by atoms with Gasteiger partial charge in [-0.3, -0.25) is 9.59 Å². The second kappa shape index (κ2) is 7.33. The maximum absolute atomic E-state index is 11.9. The van der Waals surface area contributed by atoms with E-state index in [4.69, 9.17) is 10.5 Å². The van der Waals surface area contributed by atoms with Crippen molar-refractivity contribution in [2.45, 2.75) is 38.8 Å². The van der Waals surface area contributed by atoms with E-state index in [-0.39, 0.29) is 31.2 Å². The molecule has 104 valence electrons. The first-order chi connectivity index (χ1) is 8.50. The molecule has 3 N–H and O–H groups in total. The van der Waals surface area contributed by atoms with E-state index in [0.29, 0.717) is 0 Å². The van der Waals surface area contributed by atoms with Gasteiger partial charge in [-0.05, 0) is 39.8 Å². The molecule has 1 fully saturated rings. The lowest BCUT2D eigenvalue weighted by Gasteiger charge is -2.27. The maximum atomic E-state index is 11.9. The third-order valence-corrected chi connectivity index (χ3v) is 3.00. The maximum Gasteiger partial charge on any atom is 0.249 e. The largest absolute Gasteiger partial charge is 0.368 e. The lowest BCUT2D eigenvalue weighted by Crippen LogP contribution is -2.45. The van der Waals surface area contributed by atoms with Gasteiger partial charge >= 0.3 is 0 Å². The molecule has 0 unspecified atom stereocenters. The van der Waals surface area contributed by atoms with Crippen LogP contribution in [0.15, 0.2) is 0 Å². The highest BCUT2D eigenvalue weighted by molar-refractivity contribution is 5.84. The summed E-state index contributed by atoms with van der Waals surface area (Å²) in [6, 6.07) is -0.0541. The van der Waals surface area contributed by atoms with Gasteiger partial charge in [-0.1, -0.05) is 0 Å². The Bertz CT molecular complexity index is 288. The van der Waals surface area contributed by atoms with Crippen molar-refractivity contribution in [2.24, 2.45) is 5.73 Å². The van der Waals surface area contributed by atoms with Crippen molar-refractivity contribution < 1.29 is 14.3 Å². The Morgan fingerprint density at radius 3 is 2.50 bits per heavy atom. The summed E-state index contributed by atoms with van der Waals surface area (Å²) in [4.78, 5) is 24.3. The number of carbonyl (C=O) groups excluding carboxylic acids is 2. The number of nitrogens with one attached hydrogen (secondary N) is 1. The zero-order valence-corrected chi connectivity index (χ0v) is 11.1. The zero-order valence-electron chi connectivity index (χ0n) is 11.1. The van der Waals surface area contributed by atoms with E-state index >= 15 is 0 Å². The highest BCUT2D eigenvalue weighted by Crippen LogP contribution is 2.08. The summed E-state index contributed by atoms with van der Waals surface area (Å²) in [5.74, 6) is -0.679. The van der Waals surface area contributed by atoms with Crippen LogP contribution in [0.25, 0.3) is 0 Å². The number of carbonyl (C=O) groups is 2.